The van der Waals surface area contributed by atoms with Gasteiger partial charge in [0.1, 0.15) is 0 Å². The normalized spacial score (nSPS) is 11.9. The molecule has 1 amide bonds. The molecule has 2 rings (SSSR count). The Balaban J connectivity index is 1.77. The van der Waals surface area contributed by atoms with E-state index in [0.29, 0.717) is 5.75 Å². The molecule has 1 unspecified atom stereocenters. The van der Waals surface area contributed by atoms with Crippen LogP contribution in [0.3, 0.4) is 0 Å². The zero-order valence-corrected chi connectivity index (χ0v) is 12.8. The van der Waals surface area contributed by atoms with Gasteiger partial charge in [-0.25, -0.2) is 0 Å². The number of aliphatic hydroxyl groups is 1. The highest BCUT2D eigenvalue weighted by Crippen LogP contribution is 2.18. The second-order valence-electron chi connectivity index (χ2n) is 4.78. The summed E-state index contributed by atoms with van der Waals surface area (Å²) in [5.74, 6) is 0.279. The van der Waals surface area contributed by atoms with Gasteiger partial charge >= 0.3 is 0 Å². The van der Waals surface area contributed by atoms with Crippen molar-refractivity contribution in [3.63, 3.8) is 0 Å². The van der Waals surface area contributed by atoms with E-state index in [1.54, 1.807) is 0 Å². The first-order chi connectivity index (χ1) is 10.2. The third-order valence-corrected chi connectivity index (χ3v) is 4.17. The Kier molecular flexibility index (Phi) is 5.84. The number of carbonyl (C=O) groups is 1. The summed E-state index contributed by atoms with van der Waals surface area (Å²) >= 11 is 1.49. The highest BCUT2D eigenvalue weighted by Gasteiger charge is 2.11. The maximum absolute atomic E-state index is 11.8. The number of aliphatic hydroxyl groups excluding tert-OH is 1. The van der Waals surface area contributed by atoms with Crippen molar-refractivity contribution >= 4 is 17.7 Å². The first kappa shape index (κ1) is 15.6. The van der Waals surface area contributed by atoms with Crippen molar-refractivity contribution in [3.8, 4) is 0 Å². The van der Waals surface area contributed by atoms with Gasteiger partial charge in [0, 0.05) is 11.4 Å². The number of thioether (sulfide) groups is 1. The molecule has 21 heavy (non-hydrogen) atoms. The minimum atomic E-state index is -0.670. The van der Waals surface area contributed by atoms with Crippen LogP contribution in [0.5, 0.6) is 0 Å². The Hall–Kier alpha value is -1.78. The number of benzene rings is 2. The molecule has 0 aliphatic carbocycles. The van der Waals surface area contributed by atoms with Gasteiger partial charge in [-0.05, 0) is 30.2 Å². The zero-order chi connectivity index (χ0) is 15.1. The molecule has 0 saturated heterocycles. The molecule has 4 heteroatoms. The summed E-state index contributed by atoms with van der Waals surface area (Å²) < 4.78 is 0. The van der Waals surface area contributed by atoms with Gasteiger partial charge in [0.25, 0.3) is 0 Å². The van der Waals surface area contributed by atoms with Crippen LogP contribution in [0, 0.1) is 6.92 Å². The second-order valence-corrected chi connectivity index (χ2v) is 5.83. The predicted octanol–water partition coefficient (Wildman–Crippen LogP) is 2.94. The summed E-state index contributed by atoms with van der Waals surface area (Å²) in [6.07, 6.45) is -0.670. The Labute approximate surface area is 129 Å². The SMILES string of the molecule is Cc1ccccc1C(O)CNC(=O)CSc1ccccc1. The van der Waals surface area contributed by atoms with Crippen molar-refractivity contribution in [2.24, 2.45) is 0 Å². The molecule has 1 atom stereocenters. The summed E-state index contributed by atoms with van der Waals surface area (Å²) in [5.41, 5.74) is 1.88. The summed E-state index contributed by atoms with van der Waals surface area (Å²) in [7, 11) is 0. The van der Waals surface area contributed by atoms with Crippen molar-refractivity contribution in [1.29, 1.82) is 0 Å². The fourth-order valence-electron chi connectivity index (χ4n) is 2.00. The van der Waals surface area contributed by atoms with Gasteiger partial charge in [-0.3, -0.25) is 4.79 Å². The quantitative estimate of drug-likeness (QED) is 0.807. The number of hydrogen-bond acceptors (Lipinski definition) is 3. The van der Waals surface area contributed by atoms with E-state index >= 15 is 0 Å². The number of carbonyl (C=O) groups excluding carboxylic acids is 1. The molecule has 0 aliphatic heterocycles. The van der Waals surface area contributed by atoms with Crippen molar-refractivity contribution in [1.82, 2.24) is 5.32 Å². The minimum absolute atomic E-state index is 0.0727. The Morgan fingerprint density at radius 1 is 1.14 bits per heavy atom. The van der Waals surface area contributed by atoms with Gasteiger partial charge in [0.15, 0.2) is 0 Å². The number of nitrogens with one attached hydrogen (secondary N) is 1. The lowest BCUT2D eigenvalue weighted by molar-refractivity contribution is -0.119. The van der Waals surface area contributed by atoms with E-state index in [1.807, 2.05) is 61.5 Å². The van der Waals surface area contributed by atoms with E-state index < -0.39 is 6.10 Å². The highest BCUT2D eigenvalue weighted by molar-refractivity contribution is 8.00. The molecule has 110 valence electrons. The van der Waals surface area contributed by atoms with Gasteiger partial charge in [-0.1, -0.05) is 42.5 Å². The lowest BCUT2D eigenvalue weighted by atomic mass is 10.0. The van der Waals surface area contributed by atoms with E-state index in [9.17, 15) is 9.90 Å². The third-order valence-electron chi connectivity index (χ3n) is 3.15. The maximum Gasteiger partial charge on any atom is 0.230 e. The Morgan fingerprint density at radius 3 is 2.52 bits per heavy atom. The zero-order valence-electron chi connectivity index (χ0n) is 12.0. The first-order valence-electron chi connectivity index (χ1n) is 6.85. The largest absolute Gasteiger partial charge is 0.387 e. The average molecular weight is 301 g/mol. The topological polar surface area (TPSA) is 49.3 Å². The Morgan fingerprint density at radius 2 is 1.81 bits per heavy atom. The molecular formula is C17H19NO2S. The van der Waals surface area contributed by atoms with Gasteiger partial charge in [0.2, 0.25) is 5.91 Å². The van der Waals surface area contributed by atoms with Crippen molar-refractivity contribution < 1.29 is 9.90 Å². The van der Waals surface area contributed by atoms with Gasteiger partial charge in [-0.15, -0.1) is 11.8 Å². The number of aryl methyl sites for hydroxylation is 1. The van der Waals surface area contributed by atoms with E-state index in [-0.39, 0.29) is 12.5 Å². The molecule has 2 aromatic rings. The molecule has 0 radical (unpaired) electrons. The lowest BCUT2D eigenvalue weighted by Gasteiger charge is -2.14. The lowest BCUT2D eigenvalue weighted by Crippen LogP contribution is -2.29. The van der Waals surface area contributed by atoms with Crippen LogP contribution in [-0.4, -0.2) is 23.3 Å². The molecule has 0 aromatic heterocycles. The summed E-state index contributed by atoms with van der Waals surface area (Å²) in [4.78, 5) is 12.9. The van der Waals surface area contributed by atoms with Crippen molar-refractivity contribution in [2.75, 3.05) is 12.3 Å². The summed E-state index contributed by atoms with van der Waals surface area (Å²) in [6.45, 7) is 2.19. The van der Waals surface area contributed by atoms with Crippen LogP contribution in [0.1, 0.15) is 17.2 Å². The average Bonchev–Trinajstić information content (AvgIpc) is 2.52. The van der Waals surface area contributed by atoms with Crippen LogP contribution >= 0.6 is 11.8 Å². The van der Waals surface area contributed by atoms with E-state index in [0.717, 1.165) is 16.0 Å². The van der Waals surface area contributed by atoms with Crippen LogP contribution in [0.2, 0.25) is 0 Å². The number of amides is 1. The Bertz CT molecular complexity index is 586. The van der Waals surface area contributed by atoms with Crippen LogP contribution in [0.4, 0.5) is 0 Å². The first-order valence-corrected chi connectivity index (χ1v) is 7.83. The van der Waals surface area contributed by atoms with Gasteiger partial charge < -0.3 is 10.4 Å². The summed E-state index contributed by atoms with van der Waals surface area (Å²) in [5, 5.41) is 12.9. The molecular weight excluding hydrogens is 282 g/mol. The van der Waals surface area contributed by atoms with Crippen LogP contribution in [0.15, 0.2) is 59.5 Å². The minimum Gasteiger partial charge on any atom is -0.387 e. The molecule has 2 aromatic carbocycles. The van der Waals surface area contributed by atoms with Crippen LogP contribution < -0.4 is 5.32 Å². The van der Waals surface area contributed by atoms with Crippen molar-refractivity contribution in [2.45, 2.75) is 17.9 Å². The predicted molar refractivity (Wildman–Crippen MR) is 86.3 cm³/mol. The highest BCUT2D eigenvalue weighted by atomic mass is 32.2. The molecule has 2 N–H and O–H groups in total. The number of hydrogen-bond donors (Lipinski definition) is 2. The number of rotatable bonds is 6. The fourth-order valence-corrected chi connectivity index (χ4v) is 2.75. The maximum atomic E-state index is 11.8. The monoisotopic (exact) mass is 301 g/mol. The standard InChI is InChI=1S/C17H19NO2S/c1-13-7-5-6-10-15(13)16(19)11-18-17(20)12-21-14-8-3-2-4-9-14/h2-10,16,19H,11-12H2,1H3,(H,18,20). The molecule has 0 aliphatic rings. The van der Waals surface area contributed by atoms with Gasteiger partial charge in [-0.2, -0.15) is 0 Å². The van der Waals surface area contributed by atoms with Crippen LogP contribution in [0.25, 0.3) is 0 Å². The molecule has 0 heterocycles. The summed E-state index contributed by atoms with van der Waals surface area (Å²) in [6, 6.07) is 17.4. The molecule has 0 bridgehead atoms. The fraction of sp³-hybridized carbons (Fsp3) is 0.235. The van der Waals surface area contributed by atoms with Crippen molar-refractivity contribution in [3.05, 3.63) is 65.7 Å². The van der Waals surface area contributed by atoms with E-state index in [2.05, 4.69) is 5.32 Å². The molecule has 0 spiro atoms. The van der Waals surface area contributed by atoms with E-state index in [1.165, 1.54) is 11.8 Å². The molecule has 3 nitrogen and oxygen atoms in total. The van der Waals surface area contributed by atoms with Gasteiger partial charge in [0.05, 0.1) is 11.9 Å². The molecule has 0 fully saturated rings. The van der Waals surface area contributed by atoms with E-state index in [4.69, 9.17) is 0 Å². The smallest absolute Gasteiger partial charge is 0.230 e. The molecule has 0 saturated carbocycles. The second kappa shape index (κ2) is 7.86. The van der Waals surface area contributed by atoms with Crippen LogP contribution in [-0.2, 0) is 4.79 Å². The third kappa shape index (κ3) is 4.92.